The van der Waals surface area contributed by atoms with Crippen LogP contribution in [0.5, 0.6) is 5.75 Å². The zero-order valence-corrected chi connectivity index (χ0v) is 18.3. The van der Waals surface area contributed by atoms with Crippen LogP contribution < -0.4 is 15.0 Å². The maximum absolute atomic E-state index is 12.8. The van der Waals surface area contributed by atoms with Gasteiger partial charge in [0, 0.05) is 13.1 Å². The van der Waals surface area contributed by atoms with Gasteiger partial charge < -0.3 is 15.0 Å². The monoisotopic (exact) mass is 426 g/mol. The average molecular weight is 427 g/mol. The Morgan fingerprint density at radius 1 is 1.25 bits per heavy atom. The Morgan fingerprint density at radius 2 is 1.96 bits per heavy atom. The molecule has 154 valence electrons. The summed E-state index contributed by atoms with van der Waals surface area (Å²) >= 11 is 1.66. The van der Waals surface area contributed by atoms with Gasteiger partial charge >= 0.3 is 0 Å². The number of nitrogens with zero attached hydrogens (tertiary/aromatic N) is 1. The van der Waals surface area contributed by atoms with Crippen molar-refractivity contribution in [2.24, 2.45) is 0 Å². The van der Waals surface area contributed by atoms with Gasteiger partial charge in [-0.15, -0.1) is 11.3 Å². The summed E-state index contributed by atoms with van der Waals surface area (Å²) in [6.07, 6.45) is 0. The van der Waals surface area contributed by atoms with Crippen LogP contribution in [-0.2, 0) is 21.4 Å². The largest absolute Gasteiger partial charge is 0.495 e. The average Bonchev–Trinajstić information content (AvgIpc) is 3.15. The van der Waals surface area contributed by atoms with Crippen molar-refractivity contribution in [1.82, 2.24) is 4.31 Å². The fraction of sp³-hybridized carbons (Fsp3) is 0.421. The summed E-state index contributed by atoms with van der Waals surface area (Å²) in [5.74, 6) is 0.215. The van der Waals surface area contributed by atoms with Gasteiger partial charge in [0.05, 0.1) is 29.6 Å². The molecule has 2 rings (SSSR count). The summed E-state index contributed by atoms with van der Waals surface area (Å²) in [6, 6.07) is 8.54. The lowest BCUT2D eigenvalue weighted by Crippen LogP contribution is -3.08. The summed E-state index contributed by atoms with van der Waals surface area (Å²) in [6.45, 7) is 5.35. The standard InChI is InChI=1S/C19H27N3O4S2/c1-5-22(6-2)28(24,25)16-9-10-18(26-4)17(12-16)20-19(23)14-21(3)13-15-8-7-11-27-15/h7-12H,5-6,13-14H2,1-4H3,(H,20,23)/p+1. The lowest BCUT2D eigenvalue weighted by atomic mass is 10.3. The van der Waals surface area contributed by atoms with Crippen molar-refractivity contribution in [3.63, 3.8) is 0 Å². The van der Waals surface area contributed by atoms with Gasteiger partial charge in [0.15, 0.2) is 6.54 Å². The second-order valence-corrected chi connectivity index (χ2v) is 9.36. The maximum Gasteiger partial charge on any atom is 0.279 e. The van der Waals surface area contributed by atoms with Crippen molar-refractivity contribution >= 4 is 33.0 Å². The topological polar surface area (TPSA) is 80.2 Å². The lowest BCUT2D eigenvalue weighted by molar-refractivity contribution is -0.884. The van der Waals surface area contributed by atoms with Crippen LogP contribution in [0.2, 0.25) is 0 Å². The summed E-state index contributed by atoms with van der Waals surface area (Å²) in [7, 11) is -0.193. The van der Waals surface area contributed by atoms with E-state index >= 15 is 0 Å². The van der Waals surface area contributed by atoms with Gasteiger partial charge in [0.1, 0.15) is 12.3 Å². The van der Waals surface area contributed by atoms with E-state index in [9.17, 15) is 13.2 Å². The number of nitrogens with one attached hydrogen (secondary N) is 2. The van der Waals surface area contributed by atoms with Crippen LogP contribution in [0.1, 0.15) is 18.7 Å². The molecule has 2 aromatic rings. The summed E-state index contributed by atoms with van der Waals surface area (Å²) < 4.78 is 32.2. The Bertz CT molecular complexity index is 879. The Kier molecular flexibility index (Phi) is 7.99. The number of ether oxygens (including phenoxy) is 1. The van der Waals surface area contributed by atoms with E-state index in [1.54, 1.807) is 31.3 Å². The minimum absolute atomic E-state index is 0.131. The zero-order valence-electron chi connectivity index (χ0n) is 16.7. The number of carbonyl (C=O) groups excluding carboxylic acids is 1. The van der Waals surface area contributed by atoms with Crippen molar-refractivity contribution in [3.05, 3.63) is 40.6 Å². The number of likely N-dealkylation sites (N-methyl/N-ethyl adjacent to an activating group) is 1. The van der Waals surface area contributed by atoms with Crippen molar-refractivity contribution in [2.45, 2.75) is 25.3 Å². The number of rotatable bonds is 10. The predicted molar refractivity (Wildman–Crippen MR) is 112 cm³/mol. The molecule has 0 aliphatic rings. The highest BCUT2D eigenvalue weighted by Gasteiger charge is 2.23. The van der Waals surface area contributed by atoms with E-state index in [1.165, 1.54) is 28.4 Å². The molecule has 1 aromatic heterocycles. The van der Waals surface area contributed by atoms with E-state index < -0.39 is 10.0 Å². The normalized spacial score (nSPS) is 12.8. The highest BCUT2D eigenvalue weighted by Crippen LogP contribution is 2.28. The Morgan fingerprint density at radius 3 is 2.54 bits per heavy atom. The van der Waals surface area contributed by atoms with Crippen LogP contribution in [0.4, 0.5) is 5.69 Å². The zero-order chi connectivity index (χ0) is 20.7. The Labute approximate surface area is 171 Å². The van der Waals surface area contributed by atoms with E-state index in [0.29, 0.717) is 24.5 Å². The molecule has 2 N–H and O–H groups in total. The first kappa shape index (κ1) is 22.4. The molecule has 1 aromatic carbocycles. The molecule has 7 nitrogen and oxygen atoms in total. The second-order valence-electron chi connectivity index (χ2n) is 6.39. The summed E-state index contributed by atoms with van der Waals surface area (Å²) in [4.78, 5) is 14.9. The first-order valence-corrected chi connectivity index (χ1v) is 11.5. The van der Waals surface area contributed by atoms with Gasteiger partial charge in [-0.1, -0.05) is 19.9 Å². The third-order valence-corrected chi connectivity index (χ3v) is 7.23. The van der Waals surface area contributed by atoms with Gasteiger partial charge in [-0.25, -0.2) is 8.42 Å². The van der Waals surface area contributed by atoms with Crippen LogP contribution in [-0.4, -0.2) is 52.4 Å². The van der Waals surface area contributed by atoms with Crippen molar-refractivity contribution in [3.8, 4) is 5.75 Å². The van der Waals surface area contributed by atoms with Crippen molar-refractivity contribution in [1.29, 1.82) is 0 Å². The van der Waals surface area contributed by atoms with Crippen LogP contribution in [0.25, 0.3) is 0 Å². The number of sulfonamides is 1. The molecule has 1 amide bonds. The predicted octanol–water partition coefficient (Wildman–Crippen LogP) is 1.44. The molecule has 28 heavy (non-hydrogen) atoms. The molecule has 0 saturated carbocycles. The molecule has 0 aliphatic heterocycles. The molecular formula is C19H28N3O4S2+. The van der Waals surface area contributed by atoms with E-state index in [2.05, 4.69) is 5.32 Å². The number of quaternary nitrogens is 1. The number of anilines is 1. The third-order valence-electron chi connectivity index (χ3n) is 4.31. The minimum atomic E-state index is -3.62. The fourth-order valence-electron chi connectivity index (χ4n) is 2.90. The van der Waals surface area contributed by atoms with Crippen LogP contribution in [0.15, 0.2) is 40.6 Å². The highest BCUT2D eigenvalue weighted by molar-refractivity contribution is 7.89. The number of hydrogen-bond acceptors (Lipinski definition) is 5. The van der Waals surface area contributed by atoms with E-state index in [1.807, 2.05) is 24.6 Å². The molecule has 0 saturated heterocycles. The Balaban J connectivity index is 2.16. The van der Waals surface area contributed by atoms with Gasteiger partial charge in [0.2, 0.25) is 10.0 Å². The molecular weight excluding hydrogens is 398 g/mol. The SMILES string of the molecule is CCN(CC)S(=O)(=O)c1ccc(OC)c(NC(=O)C[NH+](C)Cc2cccs2)c1. The second kappa shape index (κ2) is 10.0. The minimum Gasteiger partial charge on any atom is -0.495 e. The number of benzene rings is 1. The van der Waals surface area contributed by atoms with E-state index in [0.717, 1.165) is 11.4 Å². The molecule has 0 radical (unpaired) electrons. The molecule has 9 heteroatoms. The molecule has 0 aliphatic carbocycles. The van der Waals surface area contributed by atoms with E-state index in [4.69, 9.17) is 4.74 Å². The van der Waals surface area contributed by atoms with E-state index in [-0.39, 0.29) is 17.3 Å². The lowest BCUT2D eigenvalue weighted by Gasteiger charge is -2.20. The maximum atomic E-state index is 12.8. The van der Waals surface area contributed by atoms with Gasteiger partial charge in [0.25, 0.3) is 5.91 Å². The van der Waals surface area contributed by atoms with Crippen molar-refractivity contribution < 1.29 is 22.8 Å². The number of hydrogen-bond donors (Lipinski definition) is 2. The highest BCUT2D eigenvalue weighted by atomic mass is 32.2. The first-order valence-electron chi connectivity index (χ1n) is 9.13. The van der Waals surface area contributed by atoms with Crippen LogP contribution >= 0.6 is 11.3 Å². The summed E-state index contributed by atoms with van der Waals surface area (Å²) in [5.41, 5.74) is 0.352. The van der Waals surface area contributed by atoms with Gasteiger partial charge in [-0.3, -0.25) is 4.79 Å². The van der Waals surface area contributed by atoms with Crippen molar-refractivity contribution in [2.75, 3.05) is 39.1 Å². The number of amides is 1. The van der Waals surface area contributed by atoms with Crippen LogP contribution in [0.3, 0.4) is 0 Å². The fourth-order valence-corrected chi connectivity index (χ4v) is 5.20. The molecule has 0 bridgehead atoms. The number of thiophene rings is 1. The quantitative estimate of drug-likeness (QED) is 0.603. The molecule has 1 unspecified atom stereocenters. The summed E-state index contributed by atoms with van der Waals surface area (Å²) in [5, 5.41) is 4.80. The van der Waals surface area contributed by atoms with Crippen LogP contribution in [0, 0.1) is 0 Å². The number of methoxy groups -OCH3 is 1. The smallest absolute Gasteiger partial charge is 0.279 e. The Hall–Kier alpha value is -1.94. The molecule has 1 atom stereocenters. The van der Waals surface area contributed by atoms with Gasteiger partial charge in [-0.2, -0.15) is 4.31 Å². The van der Waals surface area contributed by atoms with Gasteiger partial charge in [-0.05, 0) is 29.6 Å². The number of carbonyl (C=O) groups is 1. The molecule has 1 heterocycles. The first-order chi connectivity index (χ1) is 13.3. The molecule has 0 spiro atoms. The third kappa shape index (κ3) is 5.54. The molecule has 0 fully saturated rings.